The van der Waals surface area contributed by atoms with E-state index in [9.17, 15) is 0 Å². The molecule has 0 bridgehead atoms. The summed E-state index contributed by atoms with van der Waals surface area (Å²) >= 11 is 0. The monoisotopic (exact) mass is 226 g/mol. The van der Waals surface area contributed by atoms with Gasteiger partial charge in [-0.25, -0.2) is 0 Å². The predicted molar refractivity (Wildman–Crippen MR) is 75.1 cm³/mol. The third kappa shape index (κ3) is 2.09. The molecule has 0 saturated heterocycles. The summed E-state index contributed by atoms with van der Waals surface area (Å²) in [4.78, 5) is 0. The minimum absolute atomic E-state index is 0.361. The molecule has 1 saturated carbocycles. The third-order valence-electron chi connectivity index (χ3n) is 3.79. The maximum atomic E-state index is 2.47. The fourth-order valence-electron chi connectivity index (χ4n) is 2.69. The Morgan fingerprint density at radius 1 is 1.18 bits per heavy atom. The quantitative estimate of drug-likeness (QED) is 0.674. The molecule has 0 radical (unpaired) electrons. The molecule has 2 aliphatic carbocycles. The van der Waals surface area contributed by atoms with Crippen LogP contribution in [0.3, 0.4) is 0 Å². The van der Waals surface area contributed by atoms with E-state index in [4.69, 9.17) is 0 Å². The van der Waals surface area contributed by atoms with Gasteiger partial charge in [0.05, 0.1) is 0 Å². The smallest absolute Gasteiger partial charge is 0.0204 e. The number of hydrogen-bond donors (Lipinski definition) is 0. The van der Waals surface area contributed by atoms with Crippen molar-refractivity contribution in [3.63, 3.8) is 0 Å². The molecular formula is C17H22. The van der Waals surface area contributed by atoms with Gasteiger partial charge < -0.3 is 0 Å². The first-order valence-electron chi connectivity index (χ1n) is 6.80. The molecule has 90 valence electrons. The van der Waals surface area contributed by atoms with Crippen LogP contribution in [0.5, 0.6) is 0 Å². The van der Waals surface area contributed by atoms with Crippen LogP contribution in [0.15, 0.2) is 54.1 Å². The molecule has 0 nitrogen and oxygen atoms in total. The summed E-state index contributed by atoms with van der Waals surface area (Å²) < 4.78 is 0. The zero-order chi connectivity index (χ0) is 12.3. The van der Waals surface area contributed by atoms with Crippen LogP contribution in [0.2, 0.25) is 0 Å². The van der Waals surface area contributed by atoms with Gasteiger partial charge in [-0.2, -0.15) is 0 Å². The number of fused-ring (bicyclic) bond motifs is 1. The highest BCUT2D eigenvalue weighted by Gasteiger charge is 2.52. The number of benzene rings is 1. The molecular weight excluding hydrogens is 204 g/mol. The first kappa shape index (κ1) is 12.2. The van der Waals surface area contributed by atoms with Gasteiger partial charge in [-0.15, -0.1) is 0 Å². The normalized spacial score (nSPS) is 28.6. The van der Waals surface area contributed by atoms with Crippen LogP contribution in [0.1, 0.15) is 39.2 Å². The first-order chi connectivity index (χ1) is 8.35. The lowest BCUT2D eigenvalue weighted by Gasteiger charge is -2.16. The molecule has 0 N–H and O–H groups in total. The number of hydrogen-bond acceptors (Lipinski definition) is 0. The van der Waals surface area contributed by atoms with Gasteiger partial charge in [-0.1, -0.05) is 74.9 Å². The summed E-state index contributed by atoms with van der Waals surface area (Å²) in [5, 5.41) is 0. The van der Waals surface area contributed by atoms with Crippen LogP contribution in [-0.2, 0) is 5.41 Å². The van der Waals surface area contributed by atoms with Crippen molar-refractivity contribution in [1.29, 1.82) is 0 Å². The van der Waals surface area contributed by atoms with E-state index in [-0.39, 0.29) is 0 Å². The lowest BCUT2D eigenvalue weighted by molar-refractivity contribution is 0.804. The Hall–Kier alpha value is -1.30. The van der Waals surface area contributed by atoms with Gasteiger partial charge in [0.2, 0.25) is 0 Å². The first-order valence-corrected chi connectivity index (χ1v) is 6.80. The summed E-state index contributed by atoms with van der Waals surface area (Å²) in [6.07, 6.45) is 9.67. The van der Waals surface area contributed by atoms with Crippen LogP contribution in [-0.4, -0.2) is 0 Å². The summed E-state index contributed by atoms with van der Waals surface area (Å²) in [5.74, 6) is 0.764. The Labute approximate surface area is 105 Å². The second-order valence-corrected chi connectivity index (χ2v) is 4.65. The van der Waals surface area contributed by atoms with Crippen molar-refractivity contribution in [2.24, 2.45) is 5.92 Å². The third-order valence-corrected chi connectivity index (χ3v) is 3.79. The molecule has 0 aromatic heterocycles. The molecule has 0 amide bonds. The molecule has 0 spiro atoms. The van der Waals surface area contributed by atoms with Gasteiger partial charge in [0, 0.05) is 5.41 Å². The van der Waals surface area contributed by atoms with Gasteiger partial charge in [-0.3, -0.25) is 0 Å². The summed E-state index contributed by atoms with van der Waals surface area (Å²) in [5.41, 5.74) is 3.35. The molecule has 1 fully saturated rings. The highest BCUT2D eigenvalue weighted by Crippen LogP contribution is 2.58. The van der Waals surface area contributed by atoms with E-state index < -0.39 is 0 Å². The van der Waals surface area contributed by atoms with Crippen molar-refractivity contribution in [1.82, 2.24) is 0 Å². The van der Waals surface area contributed by atoms with Crippen LogP contribution >= 0.6 is 0 Å². The minimum atomic E-state index is 0.361. The Bertz CT molecular complexity index is 425. The van der Waals surface area contributed by atoms with E-state index >= 15 is 0 Å². The van der Waals surface area contributed by atoms with Gasteiger partial charge in [0.1, 0.15) is 0 Å². The van der Waals surface area contributed by atoms with Crippen molar-refractivity contribution in [2.45, 2.75) is 39.0 Å². The average molecular weight is 226 g/mol. The zero-order valence-electron chi connectivity index (χ0n) is 11.1. The second kappa shape index (κ2) is 4.91. The van der Waals surface area contributed by atoms with Crippen molar-refractivity contribution in [2.75, 3.05) is 0 Å². The molecule has 0 heterocycles. The van der Waals surface area contributed by atoms with E-state index in [2.05, 4.69) is 55.5 Å². The van der Waals surface area contributed by atoms with Gasteiger partial charge >= 0.3 is 0 Å². The Balaban J connectivity index is 0.000000514. The summed E-state index contributed by atoms with van der Waals surface area (Å²) in [7, 11) is 0. The van der Waals surface area contributed by atoms with Crippen LogP contribution in [0, 0.1) is 5.92 Å². The highest BCUT2D eigenvalue weighted by molar-refractivity contribution is 5.48. The number of allylic oxidation sites excluding steroid dienone is 4. The Morgan fingerprint density at radius 2 is 1.88 bits per heavy atom. The summed E-state index contributed by atoms with van der Waals surface area (Å²) in [6.45, 7) is 6.23. The van der Waals surface area contributed by atoms with E-state index in [1.54, 1.807) is 0 Å². The molecule has 1 aromatic rings. The maximum Gasteiger partial charge on any atom is 0.0204 e. The molecule has 2 atom stereocenters. The van der Waals surface area contributed by atoms with E-state index in [1.807, 2.05) is 13.8 Å². The molecule has 3 rings (SSSR count). The zero-order valence-corrected chi connectivity index (χ0v) is 11.1. The van der Waals surface area contributed by atoms with Crippen LogP contribution in [0.4, 0.5) is 0 Å². The SMILES string of the molecule is CC.CCC1=CC2CC2(c2ccccc2)C=C1. The molecule has 0 aliphatic heterocycles. The highest BCUT2D eigenvalue weighted by atomic mass is 14.6. The van der Waals surface area contributed by atoms with Gasteiger partial charge in [0.15, 0.2) is 0 Å². The minimum Gasteiger partial charge on any atom is -0.0770 e. The van der Waals surface area contributed by atoms with E-state index in [0.717, 1.165) is 12.3 Å². The molecule has 0 heteroatoms. The second-order valence-electron chi connectivity index (χ2n) is 4.65. The lowest BCUT2D eigenvalue weighted by atomic mass is 9.88. The number of rotatable bonds is 2. The fourth-order valence-corrected chi connectivity index (χ4v) is 2.69. The van der Waals surface area contributed by atoms with E-state index in [0.29, 0.717) is 5.41 Å². The molecule has 17 heavy (non-hydrogen) atoms. The maximum absolute atomic E-state index is 2.47. The topological polar surface area (TPSA) is 0 Å². The molecule has 1 aromatic carbocycles. The lowest BCUT2D eigenvalue weighted by Crippen LogP contribution is -2.08. The predicted octanol–water partition coefficient (Wildman–Crippen LogP) is 4.88. The van der Waals surface area contributed by atoms with Gasteiger partial charge in [-0.05, 0) is 24.3 Å². The van der Waals surface area contributed by atoms with Crippen LogP contribution in [0.25, 0.3) is 0 Å². The fraction of sp³-hybridized carbons (Fsp3) is 0.412. The summed E-state index contributed by atoms with van der Waals surface area (Å²) in [6, 6.07) is 10.9. The Morgan fingerprint density at radius 3 is 2.47 bits per heavy atom. The van der Waals surface area contributed by atoms with Crippen molar-refractivity contribution in [3.8, 4) is 0 Å². The largest absolute Gasteiger partial charge is 0.0770 e. The molecule has 2 unspecified atom stereocenters. The van der Waals surface area contributed by atoms with Gasteiger partial charge in [0.25, 0.3) is 0 Å². The van der Waals surface area contributed by atoms with Crippen molar-refractivity contribution in [3.05, 3.63) is 59.7 Å². The Kier molecular flexibility index (Phi) is 3.51. The van der Waals surface area contributed by atoms with E-state index in [1.165, 1.54) is 17.6 Å². The van der Waals surface area contributed by atoms with Crippen LogP contribution < -0.4 is 0 Å². The van der Waals surface area contributed by atoms with Crippen molar-refractivity contribution >= 4 is 0 Å². The standard InChI is InChI=1S/C15H16.C2H6/c1-2-12-8-9-15(11-14(15)10-12)13-6-4-3-5-7-13;1-2/h3-10,14H,2,11H2,1H3;1-2H3. The molecule has 2 aliphatic rings. The van der Waals surface area contributed by atoms with Crippen molar-refractivity contribution < 1.29 is 0 Å². The average Bonchev–Trinajstić information content (AvgIpc) is 3.16.